The van der Waals surface area contributed by atoms with Gasteiger partial charge in [-0.1, -0.05) is 20.8 Å². The number of rotatable bonds is 2. The molecular formula is C12H22F3NO. The Bertz CT molecular complexity index is 239. The number of halogens is 3. The van der Waals surface area contributed by atoms with Crippen molar-refractivity contribution in [3.8, 4) is 0 Å². The molecule has 1 unspecified atom stereocenters. The van der Waals surface area contributed by atoms with E-state index in [9.17, 15) is 18.3 Å². The summed E-state index contributed by atoms with van der Waals surface area (Å²) in [5.41, 5.74) is 0.162. The van der Waals surface area contributed by atoms with E-state index in [2.05, 4.69) is 25.7 Å². The maximum Gasteiger partial charge on any atom is 0.414 e. The molecule has 1 N–H and O–H groups in total. The molecule has 1 heterocycles. The molecule has 0 radical (unpaired) electrons. The maximum atomic E-state index is 12.3. The van der Waals surface area contributed by atoms with Gasteiger partial charge in [0.2, 0.25) is 0 Å². The summed E-state index contributed by atoms with van der Waals surface area (Å²) in [6, 6.07) is 0. The number of likely N-dealkylation sites (tertiary alicyclic amines) is 1. The lowest BCUT2D eigenvalue weighted by molar-refractivity contribution is -0.223. The van der Waals surface area contributed by atoms with Crippen molar-refractivity contribution in [2.45, 2.75) is 45.9 Å². The van der Waals surface area contributed by atoms with E-state index in [0.29, 0.717) is 25.9 Å². The van der Waals surface area contributed by atoms with Crippen molar-refractivity contribution in [2.24, 2.45) is 11.3 Å². The molecule has 1 aliphatic heterocycles. The first-order valence-electron chi connectivity index (χ1n) is 6.07. The van der Waals surface area contributed by atoms with Gasteiger partial charge in [0.05, 0.1) is 0 Å². The zero-order valence-corrected chi connectivity index (χ0v) is 10.7. The van der Waals surface area contributed by atoms with Crippen LogP contribution in [0.1, 0.15) is 33.6 Å². The Labute approximate surface area is 101 Å². The Morgan fingerprint density at radius 1 is 1.18 bits per heavy atom. The predicted molar refractivity (Wildman–Crippen MR) is 60.7 cm³/mol. The van der Waals surface area contributed by atoms with Crippen LogP contribution in [0.25, 0.3) is 0 Å². The molecule has 0 aromatic heterocycles. The minimum Gasteiger partial charge on any atom is -0.383 e. The lowest BCUT2D eigenvalue weighted by atomic mass is 9.89. The second-order valence-corrected chi connectivity index (χ2v) is 6.16. The number of piperidine rings is 1. The number of hydrogen-bond donors (Lipinski definition) is 1. The highest BCUT2D eigenvalue weighted by Crippen LogP contribution is 2.32. The van der Waals surface area contributed by atoms with Gasteiger partial charge in [-0.2, -0.15) is 13.2 Å². The Morgan fingerprint density at radius 2 is 1.65 bits per heavy atom. The average molecular weight is 253 g/mol. The van der Waals surface area contributed by atoms with Crippen molar-refractivity contribution in [3.05, 3.63) is 0 Å². The fourth-order valence-electron chi connectivity index (χ4n) is 2.36. The molecule has 1 aliphatic rings. The van der Waals surface area contributed by atoms with E-state index in [1.165, 1.54) is 0 Å². The summed E-state index contributed by atoms with van der Waals surface area (Å²) in [4.78, 5) is 2.18. The van der Waals surface area contributed by atoms with E-state index in [4.69, 9.17) is 0 Å². The van der Waals surface area contributed by atoms with E-state index in [1.54, 1.807) is 0 Å². The lowest BCUT2D eigenvalue weighted by Crippen LogP contribution is -2.45. The van der Waals surface area contributed by atoms with Crippen LogP contribution in [0.15, 0.2) is 0 Å². The molecule has 102 valence electrons. The van der Waals surface area contributed by atoms with Crippen molar-refractivity contribution in [1.29, 1.82) is 0 Å². The van der Waals surface area contributed by atoms with Crippen LogP contribution in [-0.2, 0) is 0 Å². The average Bonchev–Trinajstić information content (AvgIpc) is 2.14. The van der Waals surface area contributed by atoms with Gasteiger partial charge in [0.15, 0.2) is 6.10 Å². The van der Waals surface area contributed by atoms with Crippen molar-refractivity contribution >= 4 is 0 Å². The normalized spacial score (nSPS) is 22.8. The second kappa shape index (κ2) is 5.14. The van der Waals surface area contributed by atoms with Crippen molar-refractivity contribution < 1.29 is 18.3 Å². The number of nitrogens with zero attached hydrogens (tertiary/aromatic N) is 1. The lowest BCUT2D eigenvalue weighted by Gasteiger charge is -2.37. The highest BCUT2D eigenvalue weighted by Gasteiger charge is 2.44. The number of aliphatic hydroxyl groups excluding tert-OH is 1. The highest BCUT2D eigenvalue weighted by molar-refractivity contribution is 4.82. The summed E-state index contributed by atoms with van der Waals surface area (Å²) < 4.78 is 37.0. The third-order valence-electron chi connectivity index (χ3n) is 3.11. The Hall–Kier alpha value is -0.290. The largest absolute Gasteiger partial charge is 0.414 e. The van der Waals surface area contributed by atoms with Gasteiger partial charge in [-0.15, -0.1) is 0 Å². The van der Waals surface area contributed by atoms with Crippen LogP contribution >= 0.6 is 0 Å². The van der Waals surface area contributed by atoms with Crippen LogP contribution in [0.2, 0.25) is 0 Å². The van der Waals surface area contributed by atoms with Crippen LogP contribution < -0.4 is 0 Å². The number of aliphatic hydroxyl groups is 1. The van der Waals surface area contributed by atoms with Crippen LogP contribution in [0.5, 0.6) is 0 Å². The van der Waals surface area contributed by atoms with E-state index < -0.39 is 18.2 Å². The summed E-state index contributed by atoms with van der Waals surface area (Å²) in [5.74, 6) is -0.633. The Balaban J connectivity index is 2.41. The molecule has 1 rings (SSSR count). The summed E-state index contributed by atoms with van der Waals surface area (Å²) in [6.07, 6.45) is -5.77. The molecule has 0 bridgehead atoms. The van der Waals surface area contributed by atoms with Gasteiger partial charge in [0.1, 0.15) is 0 Å². The fraction of sp³-hybridized carbons (Fsp3) is 1.00. The third kappa shape index (κ3) is 4.84. The predicted octanol–water partition coefficient (Wildman–Crippen LogP) is 2.67. The molecule has 0 aromatic rings. The quantitative estimate of drug-likeness (QED) is 0.818. The third-order valence-corrected chi connectivity index (χ3v) is 3.11. The molecule has 0 spiro atoms. The van der Waals surface area contributed by atoms with Crippen LogP contribution in [0.3, 0.4) is 0 Å². The SMILES string of the molecule is CC(C)(C)CN1CCC(C(O)C(F)(F)F)CC1. The van der Waals surface area contributed by atoms with E-state index in [-0.39, 0.29) is 5.41 Å². The fourth-order valence-corrected chi connectivity index (χ4v) is 2.36. The number of hydrogen-bond acceptors (Lipinski definition) is 2. The summed E-state index contributed by atoms with van der Waals surface area (Å²) in [6.45, 7) is 8.53. The Kier molecular flexibility index (Phi) is 4.47. The zero-order chi connectivity index (χ0) is 13.3. The van der Waals surface area contributed by atoms with E-state index >= 15 is 0 Å². The second-order valence-electron chi connectivity index (χ2n) is 6.16. The Morgan fingerprint density at radius 3 is 2.00 bits per heavy atom. The molecule has 17 heavy (non-hydrogen) atoms. The van der Waals surface area contributed by atoms with Gasteiger partial charge in [0, 0.05) is 6.54 Å². The molecule has 1 saturated heterocycles. The van der Waals surface area contributed by atoms with Crippen molar-refractivity contribution in [3.63, 3.8) is 0 Å². The molecule has 0 aromatic carbocycles. The van der Waals surface area contributed by atoms with E-state index in [1.807, 2.05) is 0 Å². The molecule has 0 aliphatic carbocycles. The first kappa shape index (κ1) is 14.8. The monoisotopic (exact) mass is 253 g/mol. The number of alkyl halides is 3. The van der Waals surface area contributed by atoms with Gasteiger partial charge in [-0.25, -0.2) is 0 Å². The maximum absolute atomic E-state index is 12.3. The van der Waals surface area contributed by atoms with Gasteiger partial charge in [-0.05, 0) is 37.3 Å². The van der Waals surface area contributed by atoms with Crippen LogP contribution in [0, 0.1) is 11.3 Å². The van der Waals surface area contributed by atoms with Gasteiger partial charge >= 0.3 is 6.18 Å². The first-order chi connectivity index (χ1) is 7.59. The van der Waals surface area contributed by atoms with E-state index in [0.717, 1.165) is 6.54 Å². The first-order valence-corrected chi connectivity index (χ1v) is 6.07. The molecule has 5 heteroatoms. The van der Waals surface area contributed by atoms with Gasteiger partial charge in [-0.3, -0.25) is 0 Å². The molecule has 2 nitrogen and oxygen atoms in total. The summed E-state index contributed by atoms with van der Waals surface area (Å²) in [5, 5.41) is 9.19. The highest BCUT2D eigenvalue weighted by atomic mass is 19.4. The van der Waals surface area contributed by atoms with Crippen LogP contribution in [-0.4, -0.2) is 41.9 Å². The standard InChI is InChI=1S/C12H22F3NO/c1-11(2,3)8-16-6-4-9(5-7-16)10(17)12(13,14)15/h9-10,17H,4-8H2,1-3H3. The van der Waals surface area contributed by atoms with Gasteiger partial charge < -0.3 is 10.0 Å². The molecule has 0 amide bonds. The van der Waals surface area contributed by atoms with Crippen molar-refractivity contribution in [1.82, 2.24) is 4.90 Å². The zero-order valence-electron chi connectivity index (χ0n) is 10.7. The van der Waals surface area contributed by atoms with Gasteiger partial charge in [0.25, 0.3) is 0 Å². The minimum atomic E-state index is -4.48. The molecular weight excluding hydrogens is 231 g/mol. The topological polar surface area (TPSA) is 23.5 Å². The minimum absolute atomic E-state index is 0.162. The molecule has 1 atom stereocenters. The van der Waals surface area contributed by atoms with Crippen molar-refractivity contribution in [2.75, 3.05) is 19.6 Å². The smallest absolute Gasteiger partial charge is 0.383 e. The summed E-state index contributed by atoms with van der Waals surface area (Å²) >= 11 is 0. The molecule has 0 saturated carbocycles. The molecule has 1 fully saturated rings. The van der Waals surface area contributed by atoms with Crippen LogP contribution in [0.4, 0.5) is 13.2 Å². The summed E-state index contributed by atoms with van der Waals surface area (Å²) in [7, 11) is 0.